The van der Waals surface area contributed by atoms with E-state index in [0.717, 1.165) is 63.7 Å². The van der Waals surface area contributed by atoms with Crippen molar-refractivity contribution in [2.24, 2.45) is 5.92 Å². The maximum Gasteiger partial charge on any atom is 0.236 e. The summed E-state index contributed by atoms with van der Waals surface area (Å²) in [5.41, 5.74) is 0. The summed E-state index contributed by atoms with van der Waals surface area (Å²) in [6.07, 6.45) is 2.16. The van der Waals surface area contributed by atoms with Gasteiger partial charge in [-0.1, -0.05) is 0 Å². The summed E-state index contributed by atoms with van der Waals surface area (Å²) < 4.78 is 16.4. The number of rotatable bonds is 6. The second-order valence-electron chi connectivity index (χ2n) is 6.72. The van der Waals surface area contributed by atoms with Crippen molar-refractivity contribution in [2.75, 3.05) is 59.7 Å². The molecule has 0 spiro atoms. The predicted molar refractivity (Wildman–Crippen MR) is 95.1 cm³/mol. The molecule has 1 aromatic carbocycles. The normalized spacial score (nSPS) is 21.8. The van der Waals surface area contributed by atoms with Crippen LogP contribution in [0.2, 0.25) is 0 Å². The average Bonchev–Trinajstić information content (AvgIpc) is 2.68. The van der Waals surface area contributed by atoms with E-state index in [1.54, 1.807) is 7.11 Å². The smallest absolute Gasteiger partial charge is 0.236 e. The molecule has 0 bridgehead atoms. The lowest BCUT2D eigenvalue weighted by atomic mass is 9.99. The van der Waals surface area contributed by atoms with E-state index < -0.39 is 0 Å². The molecule has 1 amide bonds. The molecule has 2 fully saturated rings. The third kappa shape index (κ3) is 5.34. The number of benzene rings is 1. The molecule has 0 aromatic heterocycles. The summed E-state index contributed by atoms with van der Waals surface area (Å²) in [5, 5.41) is 0. The molecule has 0 saturated carbocycles. The van der Waals surface area contributed by atoms with Gasteiger partial charge in [0.05, 0.1) is 33.5 Å². The summed E-state index contributed by atoms with van der Waals surface area (Å²) in [6.45, 7) is 5.97. The number of hydrogen-bond acceptors (Lipinski definition) is 5. The molecule has 138 valence electrons. The largest absolute Gasteiger partial charge is 0.497 e. The first kappa shape index (κ1) is 18.0. The van der Waals surface area contributed by atoms with Gasteiger partial charge in [0.25, 0.3) is 0 Å². The second-order valence-corrected chi connectivity index (χ2v) is 6.72. The Morgan fingerprint density at radius 3 is 2.60 bits per heavy atom. The summed E-state index contributed by atoms with van der Waals surface area (Å²) in [7, 11) is 1.65. The highest BCUT2D eigenvalue weighted by atomic mass is 16.5. The number of piperidine rings is 1. The molecule has 0 aliphatic carbocycles. The first-order valence-electron chi connectivity index (χ1n) is 9.09. The van der Waals surface area contributed by atoms with Crippen LogP contribution in [-0.4, -0.2) is 75.4 Å². The molecule has 6 nitrogen and oxygen atoms in total. The van der Waals surface area contributed by atoms with Gasteiger partial charge in [-0.15, -0.1) is 0 Å². The minimum Gasteiger partial charge on any atom is -0.497 e. The van der Waals surface area contributed by atoms with Crippen LogP contribution < -0.4 is 9.47 Å². The quantitative estimate of drug-likeness (QED) is 0.782. The van der Waals surface area contributed by atoms with Crippen LogP contribution in [0.4, 0.5) is 0 Å². The van der Waals surface area contributed by atoms with Gasteiger partial charge in [0.15, 0.2) is 0 Å². The number of carbonyl (C=O) groups is 1. The van der Waals surface area contributed by atoms with E-state index in [1.165, 1.54) is 0 Å². The van der Waals surface area contributed by atoms with Crippen molar-refractivity contribution in [3.8, 4) is 11.5 Å². The number of amides is 1. The topological polar surface area (TPSA) is 51.2 Å². The van der Waals surface area contributed by atoms with E-state index in [0.29, 0.717) is 19.1 Å². The van der Waals surface area contributed by atoms with Crippen molar-refractivity contribution in [1.82, 2.24) is 9.80 Å². The van der Waals surface area contributed by atoms with E-state index >= 15 is 0 Å². The molecule has 2 aliphatic heterocycles. The standard InChI is InChI=1S/C19H28N2O4/c1-23-17-4-6-18(7-5-17)25-15-16-3-2-8-21(13-16)19(22)14-20-9-11-24-12-10-20/h4-7,16H,2-3,8-15H2,1H3/t16-/m1/s1. The van der Waals surface area contributed by atoms with E-state index in [-0.39, 0.29) is 5.91 Å². The summed E-state index contributed by atoms with van der Waals surface area (Å²) >= 11 is 0. The number of carbonyl (C=O) groups excluding carboxylic acids is 1. The van der Waals surface area contributed by atoms with Gasteiger partial charge in [-0.2, -0.15) is 0 Å². The molecule has 6 heteroatoms. The second kappa shape index (κ2) is 9.06. The van der Waals surface area contributed by atoms with Gasteiger partial charge in [-0.3, -0.25) is 9.69 Å². The molecule has 2 aliphatic rings. The Bertz CT molecular complexity index is 543. The molecule has 2 saturated heterocycles. The van der Waals surface area contributed by atoms with Crippen LogP contribution in [0.15, 0.2) is 24.3 Å². The molecule has 0 unspecified atom stereocenters. The molecular weight excluding hydrogens is 320 g/mol. The predicted octanol–water partition coefficient (Wildman–Crippen LogP) is 1.64. The number of morpholine rings is 1. The third-order valence-electron chi connectivity index (χ3n) is 4.88. The highest BCUT2D eigenvalue weighted by Crippen LogP contribution is 2.21. The molecule has 1 aromatic rings. The zero-order chi connectivity index (χ0) is 17.5. The zero-order valence-corrected chi connectivity index (χ0v) is 15.0. The Labute approximate surface area is 149 Å². The lowest BCUT2D eigenvalue weighted by molar-refractivity contribution is -0.135. The number of likely N-dealkylation sites (tertiary alicyclic amines) is 1. The highest BCUT2D eigenvalue weighted by Gasteiger charge is 2.25. The van der Waals surface area contributed by atoms with Crippen LogP contribution in [0.25, 0.3) is 0 Å². The van der Waals surface area contributed by atoms with Gasteiger partial charge in [0.1, 0.15) is 11.5 Å². The Balaban J connectivity index is 1.44. The van der Waals surface area contributed by atoms with Crippen molar-refractivity contribution in [3.63, 3.8) is 0 Å². The summed E-state index contributed by atoms with van der Waals surface area (Å²) in [6, 6.07) is 7.63. The zero-order valence-electron chi connectivity index (χ0n) is 15.0. The Hall–Kier alpha value is -1.79. The first-order valence-corrected chi connectivity index (χ1v) is 9.09. The fourth-order valence-electron chi connectivity index (χ4n) is 3.36. The summed E-state index contributed by atoms with van der Waals surface area (Å²) in [4.78, 5) is 16.7. The Morgan fingerprint density at radius 1 is 1.16 bits per heavy atom. The van der Waals surface area contributed by atoms with Crippen LogP contribution in [0.3, 0.4) is 0 Å². The fraction of sp³-hybridized carbons (Fsp3) is 0.632. The van der Waals surface area contributed by atoms with Gasteiger partial charge in [0, 0.05) is 32.1 Å². The van der Waals surface area contributed by atoms with Crippen molar-refractivity contribution in [3.05, 3.63) is 24.3 Å². The van der Waals surface area contributed by atoms with Gasteiger partial charge in [0.2, 0.25) is 5.91 Å². The van der Waals surface area contributed by atoms with E-state index in [9.17, 15) is 4.79 Å². The summed E-state index contributed by atoms with van der Waals surface area (Å²) in [5.74, 6) is 2.29. The number of hydrogen-bond donors (Lipinski definition) is 0. The van der Waals surface area contributed by atoms with Crippen LogP contribution in [0.5, 0.6) is 11.5 Å². The van der Waals surface area contributed by atoms with Crippen molar-refractivity contribution < 1.29 is 19.0 Å². The number of ether oxygens (including phenoxy) is 3. The Kier molecular flexibility index (Phi) is 6.53. The molecule has 2 heterocycles. The average molecular weight is 348 g/mol. The van der Waals surface area contributed by atoms with Crippen LogP contribution in [-0.2, 0) is 9.53 Å². The van der Waals surface area contributed by atoms with Gasteiger partial charge < -0.3 is 19.1 Å². The molecule has 3 rings (SSSR count). The van der Waals surface area contributed by atoms with Gasteiger partial charge in [-0.25, -0.2) is 0 Å². The van der Waals surface area contributed by atoms with E-state index in [4.69, 9.17) is 14.2 Å². The van der Waals surface area contributed by atoms with Crippen LogP contribution in [0, 0.1) is 5.92 Å². The maximum atomic E-state index is 12.5. The molecule has 0 N–H and O–H groups in total. The SMILES string of the molecule is COc1ccc(OC[C@@H]2CCCN(C(=O)CN3CCOCC3)C2)cc1. The van der Waals surface area contributed by atoms with E-state index in [1.807, 2.05) is 29.2 Å². The van der Waals surface area contributed by atoms with Crippen molar-refractivity contribution in [1.29, 1.82) is 0 Å². The molecule has 25 heavy (non-hydrogen) atoms. The van der Waals surface area contributed by atoms with Gasteiger partial charge >= 0.3 is 0 Å². The van der Waals surface area contributed by atoms with E-state index in [2.05, 4.69) is 4.90 Å². The third-order valence-corrected chi connectivity index (χ3v) is 4.88. The van der Waals surface area contributed by atoms with Crippen LogP contribution in [0.1, 0.15) is 12.8 Å². The minimum atomic E-state index is 0.232. The monoisotopic (exact) mass is 348 g/mol. The Morgan fingerprint density at radius 2 is 1.88 bits per heavy atom. The fourth-order valence-corrected chi connectivity index (χ4v) is 3.36. The van der Waals surface area contributed by atoms with Crippen LogP contribution >= 0.6 is 0 Å². The number of nitrogens with zero attached hydrogens (tertiary/aromatic N) is 2. The molecule has 1 atom stereocenters. The first-order chi connectivity index (χ1) is 12.2. The molecule has 0 radical (unpaired) electrons. The van der Waals surface area contributed by atoms with Crippen molar-refractivity contribution in [2.45, 2.75) is 12.8 Å². The highest BCUT2D eigenvalue weighted by molar-refractivity contribution is 5.78. The minimum absolute atomic E-state index is 0.232. The van der Waals surface area contributed by atoms with Crippen molar-refractivity contribution >= 4 is 5.91 Å². The lowest BCUT2D eigenvalue weighted by Crippen LogP contribution is -2.48. The van der Waals surface area contributed by atoms with Gasteiger partial charge in [-0.05, 0) is 37.1 Å². The lowest BCUT2D eigenvalue weighted by Gasteiger charge is -2.35. The maximum absolute atomic E-state index is 12.5. The number of methoxy groups -OCH3 is 1. The molecular formula is C19H28N2O4.